The molecule has 0 amide bonds. The molecule has 0 unspecified atom stereocenters. The van der Waals surface area contributed by atoms with Gasteiger partial charge in [0.15, 0.2) is 4.96 Å². The van der Waals surface area contributed by atoms with Crippen LogP contribution in [-0.2, 0) is 0 Å². The van der Waals surface area contributed by atoms with Crippen molar-refractivity contribution in [1.29, 1.82) is 0 Å². The molecule has 3 aromatic carbocycles. The Morgan fingerprint density at radius 1 is 0.933 bits per heavy atom. The summed E-state index contributed by atoms with van der Waals surface area (Å²) in [6, 6.07) is 21.0. The zero-order valence-electron chi connectivity index (χ0n) is 16.1. The molecule has 0 aliphatic carbocycles. The van der Waals surface area contributed by atoms with E-state index in [1.165, 1.54) is 29.5 Å². The van der Waals surface area contributed by atoms with Gasteiger partial charge in [-0.15, -0.1) is 11.3 Å². The second-order valence-corrected chi connectivity index (χ2v) is 7.87. The minimum absolute atomic E-state index is 0.315. The standard InChI is InChI=1S/C24H17F2N3S/c1-15-7-12-20(26)19(13-15)22-23(27-18-10-8-17(25)9-11-18)29-21(14-30-24(29)28-22)16-5-3-2-4-6-16/h2-14,27H,1H3. The lowest BCUT2D eigenvalue weighted by Crippen LogP contribution is -1.99. The van der Waals surface area contributed by atoms with Gasteiger partial charge in [0.05, 0.1) is 5.69 Å². The molecule has 5 rings (SSSR count). The van der Waals surface area contributed by atoms with Crippen LogP contribution in [0.15, 0.2) is 78.2 Å². The van der Waals surface area contributed by atoms with E-state index in [1.54, 1.807) is 24.3 Å². The predicted molar refractivity (Wildman–Crippen MR) is 118 cm³/mol. The highest BCUT2D eigenvalue weighted by Crippen LogP contribution is 2.38. The molecule has 0 aliphatic heterocycles. The highest BCUT2D eigenvalue weighted by Gasteiger charge is 2.21. The predicted octanol–water partition coefficient (Wildman–Crippen LogP) is 7.06. The maximum atomic E-state index is 14.8. The van der Waals surface area contributed by atoms with Gasteiger partial charge in [-0.05, 0) is 48.9 Å². The van der Waals surface area contributed by atoms with Gasteiger partial charge in [0, 0.05) is 16.6 Å². The van der Waals surface area contributed by atoms with Crippen molar-refractivity contribution < 1.29 is 8.78 Å². The summed E-state index contributed by atoms with van der Waals surface area (Å²) < 4.78 is 30.2. The van der Waals surface area contributed by atoms with E-state index in [0.717, 1.165) is 21.8 Å². The van der Waals surface area contributed by atoms with Crippen LogP contribution < -0.4 is 5.32 Å². The molecule has 0 saturated heterocycles. The summed E-state index contributed by atoms with van der Waals surface area (Å²) in [5.41, 5.74) is 4.56. The average molecular weight is 417 g/mol. The van der Waals surface area contributed by atoms with Crippen molar-refractivity contribution in [3.63, 3.8) is 0 Å². The number of benzene rings is 3. The number of aromatic nitrogens is 2. The van der Waals surface area contributed by atoms with Gasteiger partial charge in [0.25, 0.3) is 0 Å². The summed E-state index contributed by atoms with van der Waals surface area (Å²) in [5, 5.41) is 5.37. The van der Waals surface area contributed by atoms with E-state index in [-0.39, 0.29) is 11.6 Å². The van der Waals surface area contributed by atoms with E-state index < -0.39 is 0 Å². The molecule has 6 heteroatoms. The van der Waals surface area contributed by atoms with Gasteiger partial charge in [-0.2, -0.15) is 0 Å². The number of aryl methyl sites for hydroxylation is 1. The molecular weight excluding hydrogens is 400 g/mol. The van der Waals surface area contributed by atoms with Gasteiger partial charge in [0.1, 0.15) is 23.1 Å². The fraction of sp³-hybridized carbons (Fsp3) is 0.0417. The van der Waals surface area contributed by atoms with Crippen molar-refractivity contribution in [2.45, 2.75) is 6.92 Å². The summed E-state index contributed by atoms with van der Waals surface area (Å²) in [6.45, 7) is 1.92. The van der Waals surface area contributed by atoms with Crippen LogP contribution in [0.2, 0.25) is 0 Å². The molecule has 5 aromatic rings. The Hall–Kier alpha value is -3.51. The Morgan fingerprint density at radius 3 is 2.47 bits per heavy atom. The number of halogens is 2. The summed E-state index contributed by atoms with van der Waals surface area (Å²) in [4.78, 5) is 5.49. The fourth-order valence-electron chi connectivity index (χ4n) is 3.46. The normalized spacial score (nSPS) is 11.2. The Bertz CT molecular complexity index is 1340. The van der Waals surface area contributed by atoms with Crippen molar-refractivity contribution in [1.82, 2.24) is 9.38 Å². The largest absolute Gasteiger partial charge is 0.339 e. The van der Waals surface area contributed by atoms with Gasteiger partial charge < -0.3 is 5.32 Å². The van der Waals surface area contributed by atoms with Crippen molar-refractivity contribution in [3.8, 4) is 22.5 Å². The van der Waals surface area contributed by atoms with Crippen LogP contribution in [0.3, 0.4) is 0 Å². The van der Waals surface area contributed by atoms with Crippen molar-refractivity contribution in [3.05, 3.63) is 95.4 Å². The van der Waals surface area contributed by atoms with Gasteiger partial charge in [-0.25, -0.2) is 13.8 Å². The quantitative estimate of drug-likeness (QED) is 0.339. The van der Waals surface area contributed by atoms with Crippen LogP contribution in [0.5, 0.6) is 0 Å². The molecule has 2 aromatic heterocycles. The average Bonchev–Trinajstić information content (AvgIpc) is 3.32. The van der Waals surface area contributed by atoms with Crippen LogP contribution in [0.4, 0.5) is 20.3 Å². The topological polar surface area (TPSA) is 29.3 Å². The monoisotopic (exact) mass is 417 g/mol. The summed E-state index contributed by atoms with van der Waals surface area (Å²) in [5.74, 6) is -0.0135. The van der Waals surface area contributed by atoms with E-state index in [1.807, 2.05) is 47.0 Å². The van der Waals surface area contributed by atoms with E-state index in [9.17, 15) is 8.78 Å². The number of anilines is 2. The van der Waals surface area contributed by atoms with E-state index in [4.69, 9.17) is 4.98 Å². The molecule has 30 heavy (non-hydrogen) atoms. The lowest BCUT2D eigenvalue weighted by Gasteiger charge is -2.11. The van der Waals surface area contributed by atoms with E-state index >= 15 is 0 Å². The van der Waals surface area contributed by atoms with Crippen LogP contribution in [0.1, 0.15) is 5.56 Å². The Morgan fingerprint density at radius 2 is 1.70 bits per heavy atom. The van der Waals surface area contributed by atoms with Crippen molar-refractivity contribution >= 4 is 27.8 Å². The molecule has 0 fully saturated rings. The number of hydrogen-bond donors (Lipinski definition) is 1. The number of hydrogen-bond acceptors (Lipinski definition) is 3. The molecule has 3 nitrogen and oxygen atoms in total. The highest BCUT2D eigenvalue weighted by atomic mass is 32.1. The van der Waals surface area contributed by atoms with E-state index in [0.29, 0.717) is 22.8 Å². The highest BCUT2D eigenvalue weighted by molar-refractivity contribution is 7.15. The van der Waals surface area contributed by atoms with Gasteiger partial charge in [-0.3, -0.25) is 4.40 Å². The van der Waals surface area contributed by atoms with Gasteiger partial charge in [0.2, 0.25) is 0 Å². The zero-order chi connectivity index (χ0) is 20.7. The minimum Gasteiger partial charge on any atom is -0.339 e. The molecule has 0 atom stereocenters. The third-order valence-electron chi connectivity index (χ3n) is 4.92. The van der Waals surface area contributed by atoms with Crippen LogP contribution >= 0.6 is 11.3 Å². The molecule has 0 radical (unpaired) electrons. The third kappa shape index (κ3) is 3.25. The first kappa shape index (κ1) is 18.5. The maximum Gasteiger partial charge on any atom is 0.196 e. The smallest absolute Gasteiger partial charge is 0.196 e. The molecule has 0 aliphatic rings. The number of rotatable bonds is 4. The number of imidazole rings is 1. The van der Waals surface area contributed by atoms with E-state index in [2.05, 4.69) is 5.32 Å². The Balaban J connectivity index is 1.76. The molecule has 0 spiro atoms. The molecule has 148 valence electrons. The molecular formula is C24H17F2N3S. The lowest BCUT2D eigenvalue weighted by atomic mass is 10.1. The third-order valence-corrected chi connectivity index (χ3v) is 5.74. The van der Waals surface area contributed by atoms with Gasteiger partial charge >= 0.3 is 0 Å². The molecule has 2 heterocycles. The SMILES string of the molecule is Cc1ccc(F)c(-c2nc3scc(-c4ccccc4)n3c2Nc2ccc(F)cc2)c1. The number of nitrogens with zero attached hydrogens (tertiary/aromatic N) is 2. The first-order valence-corrected chi connectivity index (χ1v) is 10.3. The first-order chi connectivity index (χ1) is 14.6. The van der Waals surface area contributed by atoms with Crippen molar-refractivity contribution in [2.24, 2.45) is 0 Å². The van der Waals surface area contributed by atoms with Crippen LogP contribution in [0, 0.1) is 18.6 Å². The lowest BCUT2D eigenvalue weighted by molar-refractivity contribution is 0.628. The molecule has 0 saturated carbocycles. The Labute approximate surface area is 176 Å². The number of nitrogens with one attached hydrogen (secondary N) is 1. The van der Waals surface area contributed by atoms with Crippen LogP contribution in [-0.4, -0.2) is 9.38 Å². The van der Waals surface area contributed by atoms with Gasteiger partial charge in [-0.1, -0.05) is 42.0 Å². The molecule has 1 N–H and O–H groups in total. The van der Waals surface area contributed by atoms with Crippen LogP contribution in [0.25, 0.3) is 27.5 Å². The first-order valence-electron chi connectivity index (χ1n) is 9.44. The number of fused-ring (bicyclic) bond motifs is 1. The molecule has 0 bridgehead atoms. The summed E-state index contributed by atoms with van der Waals surface area (Å²) in [7, 11) is 0. The minimum atomic E-state index is -0.338. The maximum absolute atomic E-state index is 14.8. The zero-order valence-corrected chi connectivity index (χ0v) is 16.9. The second kappa shape index (κ2) is 7.39. The Kier molecular flexibility index (Phi) is 4.56. The second-order valence-electron chi connectivity index (χ2n) is 7.03. The van der Waals surface area contributed by atoms with Crippen molar-refractivity contribution in [2.75, 3.05) is 5.32 Å². The number of thiazole rings is 1. The fourth-order valence-corrected chi connectivity index (χ4v) is 4.36. The summed E-state index contributed by atoms with van der Waals surface area (Å²) >= 11 is 1.49. The summed E-state index contributed by atoms with van der Waals surface area (Å²) in [6.07, 6.45) is 0.